The Balaban J connectivity index is 0.000000363. The minimum absolute atomic E-state index is 0.0971. The molecule has 4 amide bonds. The quantitative estimate of drug-likeness (QED) is 0.0271. The highest BCUT2D eigenvalue weighted by molar-refractivity contribution is 6.74. The highest BCUT2D eigenvalue weighted by Gasteiger charge is 2.41. The molecule has 7 N–H and O–H groups in total. The fraction of sp³-hybridized carbons (Fsp3) is 0.318. The number of aliphatic hydroxyl groups is 1. The second-order valence-corrected chi connectivity index (χ2v) is 21.9. The predicted molar refractivity (Wildman–Crippen MR) is 257 cm³/mol. The molecule has 0 heterocycles. The molecule has 0 aliphatic carbocycles. The number of amides is 4. The first kappa shape index (κ1) is 54.2. The lowest BCUT2D eigenvalue weighted by atomic mass is 10.1. The molecule has 0 aromatic heterocycles. The Morgan fingerprint density at radius 2 is 1.03 bits per heavy atom. The number of hydrogen-bond acceptors (Lipinski definition) is 12. The minimum Gasteiger partial charge on any atom is -0.412 e. The van der Waals surface area contributed by atoms with Crippen molar-refractivity contribution in [1.29, 1.82) is 0 Å². The average Bonchev–Trinajstić information content (AvgIpc) is 3.27. The maximum atomic E-state index is 13.3. The van der Waals surface area contributed by atoms with Gasteiger partial charge >= 0.3 is 0 Å². The van der Waals surface area contributed by atoms with Crippen LogP contribution in [0.5, 0.6) is 0 Å². The van der Waals surface area contributed by atoms with Crippen LogP contribution in [0, 0.1) is 47.2 Å². The number of rotatable bonds is 14. The molecule has 0 saturated heterocycles. The maximum absolute atomic E-state index is 13.3. The largest absolute Gasteiger partial charge is 0.412 e. The Morgan fingerprint density at radius 3 is 1.36 bits per heavy atom. The first-order valence-electron chi connectivity index (χ1n) is 20.2. The molecule has 0 unspecified atom stereocenters. The van der Waals surface area contributed by atoms with Gasteiger partial charge in [-0.15, -0.1) is 0 Å². The third-order valence-corrected chi connectivity index (χ3v) is 16.2. The highest BCUT2D eigenvalue weighted by atomic mass is 35.5. The summed E-state index contributed by atoms with van der Waals surface area (Å²) >= 11 is 12.5. The van der Waals surface area contributed by atoms with E-state index in [4.69, 9.17) is 40.8 Å². The van der Waals surface area contributed by atoms with Crippen LogP contribution in [0.15, 0.2) is 72.8 Å². The SMILES string of the molecule is [C-]#[N+]c1ccc(N[C@@H](C(=O)NNC(=O)c2ccc([N+](=O)[O-])cc2)[C@@H](C)O)c(C)c1Cl.[C-]#[N+]c1ccc(N[C@@H](C(=O)NNC(=O)c2ccc([N+](=O)[O-])cc2)[C@@H](C)O[Si](C)(C)C(C)(C)C)c(C)c1Cl. The number of non-ortho nitro benzene ring substituents is 2. The number of nitrogens with zero attached hydrogens (tertiary/aromatic N) is 4. The van der Waals surface area contributed by atoms with E-state index in [1.165, 1.54) is 49.4 Å². The molecule has 0 bridgehead atoms. The van der Waals surface area contributed by atoms with Crippen molar-refractivity contribution in [1.82, 2.24) is 21.7 Å². The van der Waals surface area contributed by atoms with Crippen LogP contribution in [0.3, 0.4) is 0 Å². The van der Waals surface area contributed by atoms with E-state index >= 15 is 0 Å². The number of hydrazine groups is 2. The Labute approximate surface area is 397 Å². The lowest BCUT2D eigenvalue weighted by Crippen LogP contribution is -2.55. The second kappa shape index (κ2) is 23.3. The monoisotopic (exact) mass is 976 g/mol. The summed E-state index contributed by atoms with van der Waals surface area (Å²) in [6.07, 6.45) is -1.74. The first-order valence-corrected chi connectivity index (χ1v) is 23.8. The van der Waals surface area contributed by atoms with E-state index in [9.17, 15) is 44.5 Å². The molecule has 354 valence electrons. The van der Waals surface area contributed by atoms with E-state index in [0.29, 0.717) is 28.2 Å². The molecule has 4 aromatic rings. The third-order valence-electron chi connectivity index (χ3n) is 10.7. The fourth-order valence-electron chi connectivity index (χ4n) is 5.68. The smallest absolute Gasteiger partial charge is 0.269 e. The van der Waals surface area contributed by atoms with Crippen LogP contribution in [0.1, 0.15) is 66.5 Å². The van der Waals surface area contributed by atoms with Gasteiger partial charge < -0.3 is 20.2 Å². The van der Waals surface area contributed by atoms with Crippen molar-refractivity contribution in [2.24, 2.45) is 0 Å². The van der Waals surface area contributed by atoms with Crippen molar-refractivity contribution in [2.75, 3.05) is 10.6 Å². The Bertz CT molecular complexity index is 2590. The zero-order valence-electron chi connectivity index (χ0n) is 37.9. The third kappa shape index (κ3) is 14.4. The molecule has 0 aliphatic rings. The topological polar surface area (TPSA) is 265 Å². The van der Waals surface area contributed by atoms with E-state index < -0.39 is 66.1 Å². The maximum Gasteiger partial charge on any atom is 0.269 e. The molecule has 0 spiro atoms. The van der Waals surface area contributed by atoms with Gasteiger partial charge in [-0.2, -0.15) is 0 Å². The van der Waals surface area contributed by atoms with Gasteiger partial charge in [0, 0.05) is 46.8 Å². The molecule has 67 heavy (non-hydrogen) atoms. The van der Waals surface area contributed by atoms with Crippen LogP contribution in [0.25, 0.3) is 9.69 Å². The number of hydrogen-bond donors (Lipinski definition) is 7. The van der Waals surface area contributed by atoms with Crippen molar-refractivity contribution in [3.63, 3.8) is 0 Å². The zero-order valence-corrected chi connectivity index (χ0v) is 40.4. The fourth-order valence-corrected chi connectivity index (χ4v) is 7.51. The Kier molecular flexibility index (Phi) is 18.9. The van der Waals surface area contributed by atoms with E-state index in [1.807, 2.05) is 0 Å². The summed E-state index contributed by atoms with van der Waals surface area (Å²) < 4.78 is 6.46. The van der Waals surface area contributed by atoms with Crippen molar-refractivity contribution in [3.05, 3.63) is 148 Å². The number of nitrogens with one attached hydrogen (secondary N) is 6. The molecule has 4 atom stereocenters. The summed E-state index contributed by atoms with van der Waals surface area (Å²) in [6, 6.07) is 14.0. The van der Waals surface area contributed by atoms with Crippen LogP contribution in [0.2, 0.25) is 28.2 Å². The number of benzene rings is 4. The number of carbonyl (C=O) groups is 4. The molecule has 0 radical (unpaired) electrons. The molecule has 0 aliphatic heterocycles. The normalized spacial score (nSPS) is 12.7. The summed E-state index contributed by atoms with van der Waals surface area (Å²) in [4.78, 5) is 77.4. The van der Waals surface area contributed by atoms with Crippen LogP contribution in [-0.4, -0.2) is 71.2 Å². The summed E-state index contributed by atoms with van der Waals surface area (Å²) in [5.74, 6) is -2.62. The number of aliphatic hydroxyl groups excluding tert-OH is 1. The molecule has 23 heteroatoms. The van der Waals surface area contributed by atoms with Gasteiger partial charge in [0.05, 0.1) is 45.2 Å². The number of nitro groups is 2. The lowest BCUT2D eigenvalue weighted by molar-refractivity contribution is -0.385. The van der Waals surface area contributed by atoms with Crippen LogP contribution < -0.4 is 32.3 Å². The van der Waals surface area contributed by atoms with Gasteiger partial charge in [0.25, 0.3) is 35.0 Å². The van der Waals surface area contributed by atoms with Crippen molar-refractivity contribution in [3.8, 4) is 0 Å². The summed E-state index contributed by atoms with van der Waals surface area (Å²) in [5.41, 5.74) is 11.7. The van der Waals surface area contributed by atoms with E-state index in [1.54, 1.807) is 39.0 Å². The van der Waals surface area contributed by atoms with Gasteiger partial charge in [-0.25, -0.2) is 9.69 Å². The van der Waals surface area contributed by atoms with E-state index in [2.05, 4.69) is 75.9 Å². The lowest BCUT2D eigenvalue weighted by Gasteiger charge is -2.40. The Hall–Kier alpha value is -7.14. The number of nitro benzene ring substituents is 2. The molecule has 0 saturated carbocycles. The van der Waals surface area contributed by atoms with Crippen molar-refractivity contribution in [2.45, 2.75) is 90.9 Å². The van der Waals surface area contributed by atoms with Gasteiger partial charge in [0.15, 0.2) is 8.32 Å². The molecule has 4 aromatic carbocycles. The van der Waals surface area contributed by atoms with Gasteiger partial charge in [-0.1, -0.05) is 56.1 Å². The first-order chi connectivity index (χ1) is 31.2. The van der Waals surface area contributed by atoms with E-state index in [0.717, 1.165) is 12.1 Å². The Morgan fingerprint density at radius 1 is 0.672 bits per heavy atom. The highest BCUT2D eigenvalue weighted by Crippen LogP contribution is 2.39. The predicted octanol–water partition coefficient (Wildman–Crippen LogP) is 8.49. The molecule has 20 nitrogen and oxygen atoms in total. The zero-order chi connectivity index (χ0) is 50.6. The van der Waals surface area contributed by atoms with Crippen LogP contribution in [0.4, 0.5) is 34.1 Å². The second-order valence-electron chi connectivity index (χ2n) is 16.4. The molecular weight excluding hydrogens is 928 g/mol. The van der Waals surface area contributed by atoms with Gasteiger partial charge in [0.2, 0.25) is 11.4 Å². The number of anilines is 2. The summed E-state index contributed by atoms with van der Waals surface area (Å²) in [6.45, 7) is 31.3. The number of halogens is 2. The molecule has 4 rings (SSSR count). The van der Waals surface area contributed by atoms with Gasteiger partial charge in [0.1, 0.15) is 12.1 Å². The van der Waals surface area contributed by atoms with Crippen molar-refractivity contribution < 1.29 is 38.6 Å². The summed E-state index contributed by atoms with van der Waals surface area (Å²) in [7, 11) is -2.27. The number of carbonyl (C=O) groups excluding carboxylic acids is 4. The standard InChI is InChI=1S/C25H32ClN5O5Si.C19H18ClN5O5/c1-15-19(13-14-20(27-6)21(15)26)28-22(16(2)36-37(7,8)25(3,4)5)24(33)30-29-23(32)17-9-11-18(12-10-17)31(34)35;1-10-14(8-9-15(21-3)16(10)20)22-17(11(2)26)19(28)24-23-18(27)12-4-6-13(7-5-12)25(29)30/h9-14,16,22,28H,1-5,7-8H3,(H,29,32)(H,30,33);4-9,11,17,22,26H,1-2H3,(H,23,27)(H,24,28)/t16-,22-;11-,17-/m11/s1. The molecule has 0 fully saturated rings. The summed E-state index contributed by atoms with van der Waals surface area (Å²) in [5, 5.41) is 37.9. The van der Waals surface area contributed by atoms with Gasteiger partial charge in [-0.3, -0.25) is 61.1 Å². The average molecular weight is 978 g/mol. The van der Waals surface area contributed by atoms with Crippen LogP contribution in [-0.2, 0) is 14.0 Å². The molecular formula is C44H50Cl2N10O10Si. The minimum atomic E-state index is -2.27. The van der Waals surface area contributed by atoms with Gasteiger partial charge in [-0.05, 0) is 93.4 Å². The van der Waals surface area contributed by atoms with Crippen molar-refractivity contribution >= 4 is 89.3 Å². The van der Waals surface area contributed by atoms with E-state index in [-0.39, 0.29) is 43.3 Å². The van der Waals surface area contributed by atoms with Crippen LogP contribution >= 0.6 is 23.2 Å².